The van der Waals surface area contributed by atoms with Crippen molar-refractivity contribution >= 4 is 63.6 Å². The Morgan fingerprint density at radius 2 is 1.46 bits per heavy atom. The summed E-state index contributed by atoms with van der Waals surface area (Å²) in [6.45, 7) is 0. The average Bonchev–Trinajstić information content (AvgIpc) is 3.60. The van der Waals surface area contributed by atoms with E-state index < -0.39 is 17.8 Å². The largest absolute Gasteiger partial charge is 0.465 e. The summed E-state index contributed by atoms with van der Waals surface area (Å²) in [6, 6.07) is 43.9. The summed E-state index contributed by atoms with van der Waals surface area (Å²) in [5.41, 5.74) is 6.48. The Kier molecular flexibility index (Phi) is 12.2. The quantitative estimate of drug-likeness (QED) is 0.0648. The Bertz CT molecular complexity index is 2380. The first kappa shape index (κ1) is 38.1. The fourth-order valence-corrected chi connectivity index (χ4v) is 8.77. The molecule has 7 rings (SSSR count). The van der Waals surface area contributed by atoms with Gasteiger partial charge in [-0.1, -0.05) is 109 Å². The van der Waals surface area contributed by atoms with Gasteiger partial charge in [0, 0.05) is 21.0 Å². The number of hydrogen-bond acceptors (Lipinski definition) is 7. The van der Waals surface area contributed by atoms with E-state index in [-0.39, 0.29) is 17.4 Å². The Morgan fingerprint density at radius 1 is 0.786 bits per heavy atom. The van der Waals surface area contributed by atoms with Crippen LogP contribution in [0.25, 0.3) is 17.2 Å². The van der Waals surface area contributed by atoms with Crippen LogP contribution >= 0.6 is 23.1 Å². The van der Waals surface area contributed by atoms with Gasteiger partial charge >= 0.3 is 5.97 Å². The third-order valence-electron chi connectivity index (χ3n) is 9.50. The van der Waals surface area contributed by atoms with Crippen LogP contribution in [0.3, 0.4) is 0 Å². The number of thioether (sulfide) groups is 1. The van der Waals surface area contributed by atoms with Crippen molar-refractivity contribution in [2.24, 2.45) is 0 Å². The Morgan fingerprint density at radius 3 is 2.18 bits per heavy atom. The smallest absolute Gasteiger partial charge is 0.341 e. The predicted octanol–water partition coefficient (Wildman–Crippen LogP) is 9.61. The maximum Gasteiger partial charge on any atom is 0.341 e. The van der Waals surface area contributed by atoms with E-state index in [0.717, 1.165) is 51.3 Å². The number of amides is 3. The lowest BCUT2D eigenvalue weighted by molar-refractivity contribution is -0.114. The first-order valence-electron chi connectivity index (χ1n) is 18.2. The monoisotopic (exact) mass is 777 g/mol. The van der Waals surface area contributed by atoms with Crippen LogP contribution in [0.5, 0.6) is 0 Å². The Balaban J connectivity index is 1.03. The molecule has 10 heteroatoms. The van der Waals surface area contributed by atoms with Crippen molar-refractivity contribution < 1.29 is 23.9 Å². The van der Waals surface area contributed by atoms with Crippen LogP contribution in [0.15, 0.2) is 150 Å². The molecule has 1 heterocycles. The highest BCUT2D eigenvalue weighted by Crippen LogP contribution is 2.43. The molecule has 280 valence electrons. The Hall–Kier alpha value is -6.23. The number of ether oxygens (including phenoxy) is 1. The molecule has 0 saturated carbocycles. The van der Waals surface area contributed by atoms with Gasteiger partial charge in [-0.25, -0.2) is 4.79 Å². The normalized spacial score (nSPS) is 13.6. The van der Waals surface area contributed by atoms with Gasteiger partial charge in [0.15, 0.2) is 0 Å². The van der Waals surface area contributed by atoms with E-state index >= 15 is 0 Å². The fourth-order valence-electron chi connectivity index (χ4n) is 6.69. The van der Waals surface area contributed by atoms with Crippen molar-refractivity contribution in [1.82, 2.24) is 5.32 Å². The average molecular weight is 778 g/mol. The summed E-state index contributed by atoms with van der Waals surface area (Å²) in [6.07, 6.45) is 4.07. The number of hydrogen-bond donors (Lipinski definition) is 3. The number of anilines is 2. The third-order valence-corrected chi connectivity index (χ3v) is 11.7. The summed E-state index contributed by atoms with van der Waals surface area (Å²) in [7, 11) is 1.36. The predicted molar refractivity (Wildman–Crippen MR) is 225 cm³/mol. The molecule has 0 spiro atoms. The maximum absolute atomic E-state index is 13.7. The lowest BCUT2D eigenvalue weighted by atomic mass is 9.83. The number of fused-ring (bicyclic) bond motifs is 1. The van der Waals surface area contributed by atoms with Crippen molar-refractivity contribution in [3.63, 3.8) is 0 Å². The molecular formula is C46H39N3O5S2. The number of nitrogens with one attached hydrogen (secondary N) is 3. The Labute approximate surface area is 334 Å². The maximum atomic E-state index is 13.7. The van der Waals surface area contributed by atoms with Gasteiger partial charge in [-0.3, -0.25) is 14.4 Å². The van der Waals surface area contributed by atoms with E-state index in [1.54, 1.807) is 48.5 Å². The molecule has 56 heavy (non-hydrogen) atoms. The van der Waals surface area contributed by atoms with Gasteiger partial charge in [0.2, 0.25) is 5.91 Å². The second kappa shape index (κ2) is 17.9. The van der Waals surface area contributed by atoms with Crippen LogP contribution in [0.2, 0.25) is 0 Å². The van der Waals surface area contributed by atoms with Gasteiger partial charge < -0.3 is 20.7 Å². The molecule has 5 aromatic carbocycles. The minimum Gasteiger partial charge on any atom is -0.465 e. The first-order chi connectivity index (χ1) is 27.3. The fraction of sp³-hybridized carbons (Fsp3) is 0.130. The highest BCUT2D eigenvalue weighted by atomic mass is 32.2. The number of methoxy groups -OCH3 is 1. The van der Waals surface area contributed by atoms with Crippen LogP contribution in [0.1, 0.15) is 54.6 Å². The number of rotatable bonds is 12. The van der Waals surface area contributed by atoms with Gasteiger partial charge in [-0.15, -0.1) is 23.1 Å². The van der Waals surface area contributed by atoms with Crippen molar-refractivity contribution in [3.8, 4) is 11.1 Å². The molecule has 1 aliphatic carbocycles. The van der Waals surface area contributed by atoms with E-state index in [2.05, 4.69) is 28.1 Å². The molecule has 0 saturated heterocycles. The molecule has 3 amide bonds. The van der Waals surface area contributed by atoms with Crippen LogP contribution in [0, 0.1) is 0 Å². The second-order valence-electron chi connectivity index (χ2n) is 13.2. The summed E-state index contributed by atoms with van der Waals surface area (Å²) in [5.74, 6) is -1.22. The second-order valence-corrected chi connectivity index (χ2v) is 15.4. The van der Waals surface area contributed by atoms with Crippen molar-refractivity contribution in [2.45, 2.75) is 30.1 Å². The van der Waals surface area contributed by atoms with E-state index in [1.165, 1.54) is 35.8 Å². The number of carbonyl (C=O) groups excluding carboxylic acids is 4. The van der Waals surface area contributed by atoms with Crippen LogP contribution in [-0.4, -0.2) is 36.6 Å². The van der Waals surface area contributed by atoms with Crippen LogP contribution in [0.4, 0.5) is 10.7 Å². The molecule has 1 unspecified atom stereocenters. The van der Waals surface area contributed by atoms with Crippen LogP contribution < -0.4 is 16.0 Å². The highest BCUT2D eigenvalue weighted by molar-refractivity contribution is 8.00. The molecule has 0 radical (unpaired) electrons. The zero-order valence-corrected chi connectivity index (χ0v) is 32.3. The molecule has 1 aromatic heterocycles. The first-order valence-corrected chi connectivity index (χ1v) is 20.0. The van der Waals surface area contributed by atoms with Crippen molar-refractivity contribution in [2.75, 3.05) is 23.5 Å². The standard InChI is InChI=1S/C46H39N3O5S2/c1-54-46(53)42-38-25-24-35(32-14-7-3-8-15-32)27-40(38)56-45(42)49-41(50)29-55-37-19-11-18-36(28-37)47-44(52)39(48-43(51)34-16-9-4-10-17-34)26-30-20-22-33(23-21-30)31-12-5-2-6-13-31/h2-23,26,28,35H,24-25,27,29H2,1H3,(H,47,52)(H,48,51)(H,49,50)/b39-26+. The minimum atomic E-state index is -0.507. The van der Waals surface area contributed by atoms with Gasteiger partial charge in [-0.2, -0.15) is 0 Å². The molecule has 1 aliphatic rings. The SMILES string of the molecule is COC(=O)c1c(NC(=O)CSc2cccc(NC(=O)/C(=C\c3ccc(-c4ccccc4)cc3)NC(=O)c3ccccc3)c2)sc2c1CCC(c1ccccc1)C2. The van der Waals surface area contributed by atoms with Gasteiger partial charge in [0.25, 0.3) is 11.8 Å². The zero-order valence-electron chi connectivity index (χ0n) is 30.6. The van der Waals surface area contributed by atoms with E-state index in [4.69, 9.17) is 4.74 Å². The van der Waals surface area contributed by atoms with E-state index in [9.17, 15) is 19.2 Å². The van der Waals surface area contributed by atoms with Crippen molar-refractivity contribution in [3.05, 3.63) is 178 Å². The molecule has 3 N–H and O–H groups in total. The summed E-state index contributed by atoms with van der Waals surface area (Å²) in [5, 5.41) is 9.19. The van der Waals surface area contributed by atoms with Gasteiger partial charge in [0.1, 0.15) is 10.7 Å². The molecule has 8 nitrogen and oxygen atoms in total. The number of carbonyl (C=O) groups is 4. The van der Waals surface area contributed by atoms with Gasteiger partial charge in [-0.05, 0) is 89.4 Å². The summed E-state index contributed by atoms with van der Waals surface area (Å²) >= 11 is 2.74. The van der Waals surface area contributed by atoms with Crippen LogP contribution in [-0.2, 0) is 27.2 Å². The van der Waals surface area contributed by atoms with E-state index in [0.29, 0.717) is 27.7 Å². The minimum absolute atomic E-state index is 0.0684. The van der Waals surface area contributed by atoms with Gasteiger partial charge in [0.05, 0.1) is 18.4 Å². The molecule has 1 atom stereocenters. The molecule has 6 aromatic rings. The number of benzene rings is 5. The molecule has 0 bridgehead atoms. The third kappa shape index (κ3) is 9.34. The lowest BCUT2D eigenvalue weighted by Gasteiger charge is -2.22. The number of esters is 1. The summed E-state index contributed by atoms with van der Waals surface area (Å²) < 4.78 is 5.13. The van der Waals surface area contributed by atoms with Crippen molar-refractivity contribution in [1.29, 1.82) is 0 Å². The molecular weight excluding hydrogens is 739 g/mol. The summed E-state index contributed by atoms with van der Waals surface area (Å²) in [4.78, 5) is 55.0. The van der Waals surface area contributed by atoms with E-state index in [1.807, 2.05) is 84.9 Å². The number of thiophene rings is 1. The molecule has 0 aliphatic heterocycles. The zero-order chi connectivity index (χ0) is 38.9. The topological polar surface area (TPSA) is 114 Å². The highest BCUT2D eigenvalue weighted by Gasteiger charge is 2.30. The lowest BCUT2D eigenvalue weighted by Crippen LogP contribution is -2.30. The molecule has 0 fully saturated rings.